The third-order valence-electron chi connectivity index (χ3n) is 3.26. The molecular formula is C15H13BrN2O2S. The average Bonchev–Trinajstić information content (AvgIpc) is 3.30. The molecule has 1 N–H and O–H groups in total. The number of aromatic carboxylic acids is 1. The van der Waals surface area contributed by atoms with E-state index >= 15 is 0 Å². The molecule has 1 fully saturated rings. The molecule has 0 radical (unpaired) electrons. The number of nitrogens with zero attached hydrogens (tertiary/aromatic N) is 2. The standard InChI is InChI=1S/C15H13BrN2O2S/c16-11-3-1-2-4-12(11)21-8-13-17-7-10(15(19)20)14(18-13)9-5-6-9/h1-4,7,9H,5-6,8H2,(H,19,20). The van der Waals surface area contributed by atoms with Crippen LogP contribution >= 0.6 is 27.7 Å². The Balaban J connectivity index is 1.78. The van der Waals surface area contributed by atoms with Crippen LogP contribution < -0.4 is 0 Å². The summed E-state index contributed by atoms with van der Waals surface area (Å²) in [5, 5.41) is 9.19. The number of carbonyl (C=O) groups is 1. The minimum Gasteiger partial charge on any atom is -0.478 e. The molecule has 6 heteroatoms. The predicted octanol–water partition coefficient (Wildman–Crippen LogP) is 4.11. The van der Waals surface area contributed by atoms with Crippen LogP contribution in [-0.4, -0.2) is 21.0 Å². The van der Waals surface area contributed by atoms with Crippen molar-refractivity contribution < 1.29 is 9.90 Å². The van der Waals surface area contributed by atoms with E-state index in [9.17, 15) is 9.90 Å². The fourth-order valence-corrected chi connectivity index (χ4v) is 3.47. The van der Waals surface area contributed by atoms with Crippen LogP contribution in [0.3, 0.4) is 0 Å². The number of hydrogen-bond donors (Lipinski definition) is 1. The van der Waals surface area contributed by atoms with Gasteiger partial charge in [-0.25, -0.2) is 14.8 Å². The monoisotopic (exact) mass is 364 g/mol. The molecule has 0 saturated heterocycles. The maximum Gasteiger partial charge on any atom is 0.339 e. The molecule has 1 aromatic heterocycles. The average molecular weight is 365 g/mol. The molecule has 4 nitrogen and oxygen atoms in total. The fraction of sp³-hybridized carbons (Fsp3) is 0.267. The molecule has 1 aromatic carbocycles. The fourth-order valence-electron chi connectivity index (χ4n) is 2.04. The molecule has 3 rings (SSSR count). The third kappa shape index (κ3) is 3.44. The summed E-state index contributed by atoms with van der Waals surface area (Å²) in [4.78, 5) is 21.0. The summed E-state index contributed by atoms with van der Waals surface area (Å²) < 4.78 is 1.04. The molecule has 1 aliphatic carbocycles. The van der Waals surface area contributed by atoms with Crippen molar-refractivity contribution in [2.24, 2.45) is 0 Å². The molecule has 1 aliphatic rings. The minimum absolute atomic E-state index is 0.243. The van der Waals surface area contributed by atoms with Gasteiger partial charge in [-0.2, -0.15) is 0 Å². The second-order valence-corrected chi connectivity index (χ2v) is 6.76. The molecule has 0 unspecified atom stereocenters. The van der Waals surface area contributed by atoms with Crippen molar-refractivity contribution in [2.45, 2.75) is 29.4 Å². The van der Waals surface area contributed by atoms with Gasteiger partial charge in [-0.05, 0) is 40.9 Å². The Kier molecular flexibility index (Phi) is 4.26. The van der Waals surface area contributed by atoms with Gasteiger partial charge < -0.3 is 5.11 Å². The van der Waals surface area contributed by atoms with Gasteiger partial charge in [-0.1, -0.05) is 12.1 Å². The van der Waals surface area contributed by atoms with Gasteiger partial charge in [0.05, 0.1) is 17.0 Å². The summed E-state index contributed by atoms with van der Waals surface area (Å²) in [7, 11) is 0. The lowest BCUT2D eigenvalue weighted by molar-refractivity contribution is 0.0694. The number of carboxylic acid groups (broad SMARTS) is 1. The molecule has 0 atom stereocenters. The van der Waals surface area contributed by atoms with E-state index in [1.165, 1.54) is 6.20 Å². The largest absolute Gasteiger partial charge is 0.478 e. The van der Waals surface area contributed by atoms with Crippen molar-refractivity contribution in [3.8, 4) is 0 Å². The molecule has 0 amide bonds. The predicted molar refractivity (Wildman–Crippen MR) is 84.7 cm³/mol. The molecule has 1 heterocycles. The van der Waals surface area contributed by atoms with Gasteiger partial charge >= 0.3 is 5.97 Å². The number of rotatable bonds is 5. The number of thioether (sulfide) groups is 1. The number of carboxylic acids is 1. The van der Waals surface area contributed by atoms with Crippen LogP contribution in [0.25, 0.3) is 0 Å². The van der Waals surface area contributed by atoms with Gasteiger partial charge in [0.2, 0.25) is 0 Å². The molecule has 0 aliphatic heterocycles. The number of halogens is 1. The third-order valence-corrected chi connectivity index (χ3v) is 5.28. The van der Waals surface area contributed by atoms with Gasteiger partial charge in [0.25, 0.3) is 0 Å². The highest BCUT2D eigenvalue weighted by Crippen LogP contribution is 2.40. The molecule has 2 aromatic rings. The molecule has 0 bridgehead atoms. The van der Waals surface area contributed by atoms with Gasteiger partial charge in [-0.15, -0.1) is 11.8 Å². The second-order valence-electron chi connectivity index (χ2n) is 4.88. The summed E-state index contributed by atoms with van der Waals surface area (Å²) in [5.74, 6) is 0.665. The number of aromatic nitrogens is 2. The quantitative estimate of drug-likeness (QED) is 0.808. The Labute approximate surface area is 135 Å². The van der Waals surface area contributed by atoms with Crippen LogP contribution in [0, 0.1) is 0 Å². The summed E-state index contributed by atoms with van der Waals surface area (Å²) in [6.45, 7) is 0. The van der Waals surface area contributed by atoms with Crippen molar-refractivity contribution in [3.05, 3.63) is 52.0 Å². The van der Waals surface area contributed by atoms with Crippen LogP contribution in [-0.2, 0) is 5.75 Å². The lowest BCUT2D eigenvalue weighted by Gasteiger charge is -2.07. The lowest BCUT2D eigenvalue weighted by Crippen LogP contribution is -2.07. The summed E-state index contributed by atoms with van der Waals surface area (Å²) in [6, 6.07) is 7.98. The molecule has 0 spiro atoms. The van der Waals surface area contributed by atoms with E-state index in [4.69, 9.17) is 0 Å². The molecule has 108 valence electrons. The zero-order valence-corrected chi connectivity index (χ0v) is 13.5. The van der Waals surface area contributed by atoms with E-state index in [0.717, 1.165) is 22.2 Å². The first-order valence-electron chi connectivity index (χ1n) is 6.61. The second kappa shape index (κ2) is 6.15. The Morgan fingerprint density at radius 2 is 2.14 bits per heavy atom. The first kappa shape index (κ1) is 14.5. The van der Waals surface area contributed by atoms with E-state index in [1.807, 2.05) is 24.3 Å². The topological polar surface area (TPSA) is 63.1 Å². The van der Waals surface area contributed by atoms with Crippen molar-refractivity contribution in [1.82, 2.24) is 9.97 Å². The highest BCUT2D eigenvalue weighted by Gasteiger charge is 2.30. The van der Waals surface area contributed by atoms with Gasteiger partial charge in [0, 0.05) is 21.5 Å². The zero-order chi connectivity index (χ0) is 14.8. The van der Waals surface area contributed by atoms with Crippen molar-refractivity contribution in [2.75, 3.05) is 0 Å². The van der Waals surface area contributed by atoms with Crippen LogP contribution in [0.5, 0.6) is 0 Å². The first-order chi connectivity index (χ1) is 10.1. The lowest BCUT2D eigenvalue weighted by atomic mass is 10.1. The van der Waals surface area contributed by atoms with Crippen molar-refractivity contribution >= 4 is 33.7 Å². The molecular weight excluding hydrogens is 352 g/mol. The van der Waals surface area contributed by atoms with Crippen LogP contribution in [0.4, 0.5) is 0 Å². The van der Waals surface area contributed by atoms with E-state index in [1.54, 1.807) is 11.8 Å². The highest BCUT2D eigenvalue weighted by molar-refractivity contribution is 9.10. The van der Waals surface area contributed by atoms with E-state index in [-0.39, 0.29) is 5.56 Å². The Morgan fingerprint density at radius 3 is 2.81 bits per heavy atom. The Bertz CT molecular complexity index is 689. The van der Waals surface area contributed by atoms with Crippen LogP contribution in [0.2, 0.25) is 0 Å². The van der Waals surface area contributed by atoms with Gasteiger partial charge in [0.1, 0.15) is 5.82 Å². The Morgan fingerprint density at radius 1 is 1.38 bits per heavy atom. The minimum atomic E-state index is -0.943. The summed E-state index contributed by atoms with van der Waals surface area (Å²) >= 11 is 5.14. The summed E-state index contributed by atoms with van der Waals surface area (Å²) in [6.07, 6.45) is 3.49. The maximum absolute atomic E-state index is 11.2. The van der Waals surface area contributed by atoms with Gasteiger partial charge in [-0.3, -0.25) is 0 Å². The van der Waals surface area contributed by atoms with Gasteiger partial charge in [0.15, 0.2) is 0 Å². The van der Waals surface area contributed by atoms with E-state index < -0.39 is 5.97 Å². The smallest absolute Gasteiger partial charge is 0.339 e. The first-order valence-corrected chi connectivity index (χ1v) is 8.39. The molecule has 21 heavy (non-hydrogen) atoms. The van der Waals surface area contributed by atoms with Crippen molar-refractivity contribution in [1.29, 1.82) is 0 Å². The molecule has 1 saturated carbocycles. The number of benzene rings is 1. The maximum atomic E-state index is 11.2. The van der Waals surface area contributed by atoms with E-state index in [2.05, 4.69) is 25.9 Å². The number of hydrogen-bond acceptors (Lipinski definition) is 4. The van der Waals surface area contributed by atoms with Crippen LogP contribution in [0.15, 0.2) is 39.8 Å². The van der Waals surface area contributed by atoms with Crippen molar-refractivity contribution in [3.63, 3.8) is 0 Å². The summed E-state index contributed by atoms with van der Waals surface area (Å²) in [5.41, 5.74) is 0.937. The normalized spacial score (nSPS) is 14.1. The van der Waals surface area contributed by atoms with Crippen LogP contribution in [0.1, 0.15) is 40.6 Å². The zero-order valence-electron chi connectivity index (χ0n) is 11.1. The highest BCUT2D eigenvalue weighted by atomic mass is 79.9. The SMILES string of the molecule is O=C(O)c1cnc(CSc2ccccc2Br)nc1C1CC1. The Hall–Kier alpha value is -1.40. The van der Waals surface area contributed by atoms with E-state index in [0.29, 0.717) is 23.2 Å².